The van der Waals surface area contributed by atoms with Crippen LogP contribution in [0.4, 0.5) is 0 Å². The number of amides is 1. The highest BCUT2D eigenvalue weighted by Crippen LogP contribution is 2.13. The van der Waals surface area contributed by atoms with Crippen molar-refractivity contribution < 1.29 is 13.2 Å². The molecule has 108 valence electrons. The molecular weight excluding hydrogens is 278 g/mol. The summed E-state index contributed by atoms with van der Waals surface area (Å²) < 4.78 is 24.2. The number of nitrogens with zero attached hydrogens (tertiary/aromatic N) is 1. The average Bonchev–Trinajstić information content (AvgIpc) is 2.15. The second-order valence-electron chi connectivity index (χ2n) is 4.71. The fraction of sp³-hybridized carbons (Fsp3) is 0.900. The van der Waals surface area contributed by atoms with Crippen molar-refractivity contribution in [2.24, 2.45) is 5.73 Å². The number of sulfonamides is 1. The summed E-state index contributed by atoms with van der Waals surface area (Å²) in [4.78, 5) is 11.5. The molecule has 0 saturated carbocycles. The lowest BCUT2D eigenvalue weighted by Crippen LogP contribution is -2.49. The molecule has 0 aromatic rings. The van der Waals surface area contributed by atoms with Crippen LogP contribution in [0.3, 0.4) is 0 Å². The summed E-state index contributed by atoms with van der Waals surface area (Å²) in [6, 6.07) is -0.269. The van der Waals surface area contributed by atoms with Gasteiger partial charge in [0.2, 0.25) is 15.9 Å². The summed E-state index contributed by atoms with van der Waals surface area (Å²) in [5.74, 6) is -0.111. The van der Waals surface area contributed by atoms with E-state index >= 15 is 0 Å². The van der Waals surface area contributed by atoms with Gasteiger partial charge in [-0.2, -0.15) is 0 Å². The second kappa shape index (κ2) is 7.28. The van der Waals surface area contributed by atoms with Gasteiger partial charge in [-0.3, -0.25) is 4.79 Å². The quantitative estimate of drug-likeness (QED) is 0.744. The molecule has 0 spiro atoms. The van der Waals surface area contributed by atoms with Crippen molar-refractivity contribution >= 4 is 28.3 Å². The van der Waals surface area contributed by atoms with E-state index in [-0.39, 0.29) is 36.8 Å². The van der Waals surface area contributed by atoms with E-state index in [1.54, 1.807) is 6.92 Å². The molecule has 2 unspecified atom stereocenters. The maximum Gasteiger partial charge on any atom is 0.221 e. The molecule has 0 aliphatic carbocycles. The van der Waals surface area contributed by atoms with Crippen LogP contribution in [0.2, 0.25) is 0 Å². The number of rotatable bonds is 4. The Hall–Kier alpha value is -0.370. The van der Waals surface area contributed by atoms with E-state index in [2.05, 4.69) is 5.32 Å². The number of carbonyl (C=O) groups is 1. The third-order valence-electron chi connectivity index (χ3n) is 2.73. The van der Waals surface area contributed by atoms with Crippen molar-refractivity contribution in [3.05, 3.63) is 0 Å². The van der Waals surface area contributed by atoms with Gasteiger partial charge >= 0.3 is 0 Å². The maximum atomic E-state index is 11.5. The third-order valence-corrected chi connectivity index (χ3v) is 4.00. The van der Waals surface area contributed by atoms with Gasteiger partial charge in [0.25, 0.3) is 0 Å². The molecule has 0 aromatic carbocycles. The van der Waals surface area contributed by atoms with E-state index in [0.717, 1.165) is 12.8 Å². The van der Waals surface area contributed by atoms with Crippen LogP contribution in [0.1, 0.15) is 26.2 Å². The summed E-state index contributed by atoms with van der Waals surface area (Å²) >= 11 is 0. The van der Waals surface area contributed by atoms with Gasteiger partial charge in [-0.1, -0.05) is 0 Å². The molecule has 8 heteroatoms. The monoisotopic (exact) mass is 299 g/mol. The molecule has 1 fully saturated rings. The number of hydrogen-bond acceptors (Lipinski definition) is 4. The lowest BCUT2D eigenvalue weighted by molar-refractivity contribution is -0.122. The van der Waals surface area contributed by atoms with Crippen molar-refractivity contribution in [1.82, 2.24) is 9.62 Å². The van der Waals surface area contributed by atoms with Crippen LogP contribution in [-0.4, -0.2) is 50.1 Å². The van der Waals surface area contributed by atoms with Crippen molar-refractivity contribution in [2.45, 2.75) is 38.3 Å². The van der Waals surface area contributed by atoms with E-state index in [4.69, 9.17) is 5.73 Å². The van der Waals surface area contributed by atoms with E-state index in [1.165, 1.54) is 10.6 Å². The molecule has 3 N–H and O–H groups in total. The summed E-state index contributed by atoms with van der Waals surface area (Å²) in [5.41, 5.74) is 5.53. The number of nitrogens with two attached hydrogens (primary N) is 1. The Morgan fingerprint density at radius 1 is 1.56 bits per heavy atom. The van der Waals surface area contributed by atoms with Crippen LogP contribution >= 0.6 is 12.4 Å². The molecule has 18 heavy (non-hydrogen) atoms. The first-order valence-corrected chi connectivity index (χ1v) is 7.64. The standard InChI is InChI=1S/C10H21N3O3S.ClH/c1-8(11)6-10(14)12-9-4-3-5-13(7-9)17(2,15)16;/h8-9H,3-7,11H2,1-2H3,(H,12,14);1H. The summed E-state index contributed by atoms with van der Waals surface area (Å²) in [6.45, 7) is 2.67. The average molecular weight is 300 g/mol. The summed E-state index contributed by atoms with van der Waals surface area (Å²) in [6.07, 6.45) is 3.06. The summed E-state index contributed by atoms with van der Waals surface area (Å²) in [7, 11) is -3.16. The SMILES string of the molecule is CC(N)CC(=O)NC1CCCN(S(C)(=O)=O)C1.Cl. The van der Waals surface area contributed by atoms with Crippen LogP contribution in [0.15, 0.2) is 0 Å². The Morgan fingerprint density at radius 3 is 2.67 bits per heavy atom. The first kappa shape index (κ1) is 17.6. The Morgan fingerprint density at radius 2 is 2.17 bits per heavy atom. The van der Waals surface area contributed by atoms with Gasteiger partial charge in [0.15, 0.2) is 0 Å². The van der Waals surface area contributed by atoms with Crippen LogP contribution in [0.25, 0.3) is 0 Å². The van der Waals surface area contributed by atoms with Crippen molar-refractivity contribution in [1.29, 1.82) is 0 Å². The molecule has 1 saturated heterocycles. The number of halogens is 1. The minimum atomic E-state index is -3.16. The Balaban J connectivity index is 0.00000289. The minimum absolute atomic E-state index is 0. The molecule has 2 atom stereocenters. The largest absolute Gasteiger partial charge is 0.352 e. The van der Waals surface area contributed by atoms with Crippen LogP contribution in [0.5, 0.6) is 0 Å². The smallest absolute Gasteiger partial charge is 0.221 e. The number of carbonyl (C=O) groups excluding carboxylic acids is 1. The molecule has 1 rings (SSSR count). The number of nitrogens with one attached hydrogen (secondary N) is 1. The highest BCUT2D eigenvalue weighted by molar-refractivity contribution is 7.88. The number of piperidine rings is 1. The van der Waals surface area contributed by atoms with Crippen molar-refractivity contribution in [2.75, 3.05) is 19.3 Å². The van der Waals surface area contributed by atoms with E-state index in [9.17, 15) is 13.2 Å². The predicted octanol–water partition coefficient (Wildman–Crippen LogP) is -0.314. The van der Waals surface area contributed by atoms with Crippen molar-refractivity contribution in [3.63, 3.8) is 0 Å². The highest BCUT2D eigenvalue weighted by Gasteiger charge is 2.26. The molecule has 0 radical (unpaired) electrons. The zero-order valence-corrected chi connectivity index (χ0v) is 12.4. The van der Waals surface area contributed by atoms with E-state index in [0.29, 0.717) is 13.1 Å². The van der Waals surface area contributed by atoms with Crippen LogP contribution < -0.4 is 11.1 Å². The maximum absolute atomic E-state index is 11.5. The van der Waals surface area contributed by atoms with Gasteiger partial charge in [-0.05, 0) is 19.8 Å². The van der Waals surface area contributed by atoms with Crippen LogP contribution in [-0.2, 0) is 14.8 Å². The molecule has 1 heterocycles. The Labute approximate surface area is 115 Å². The topological polar surface area (TPSA) is 92.5 Å². The Kier molecular flexibility index (Phi) is 7.13. The first-order valence-electron chi connectivity index (χ1n) is 5.79. The fourth-order valence-corrected chi connectivity index (χ4v) is 2.85. The number of hydrogen-bond donors (Lipinski definition) is 2. The van der Waals surface area contributed by atoms with Gasteiger partial charge in [0.1, 0.15) is 0 Å². The van der Waals surface area contributed by atoms with Gasteiger partial charge in [0, 0.05) is 31.6 Å². The molecule has 0 aromatic heterocycles. The van der Waals surface area contributed by atoms with E-state index in [1.807, 2.05) is 0 Å². The van der Waals surface area contributed by atoms with E-state index < -0.39 is 10.0 Å². The minimum Gasteiger partial charge on any atom is -0.352 e. The fourth-order valence-electron chi connectivity index (χ4n) is 1.94. The van der Waals surface area contributed by atoms with Gasteiger partial charge in [-0.25, -0.2) is 12.7 Å². The van der Waals surface area contributed by atoms with Gasteiger partial charge < -0.3 is 11.1 Å². The van der Waals surface area contributed by atoms with Gasteiger partial charge in [-0.15, -0.1) is 12.4 Å². The zero-order chi connectivity index (χ0) is 13.1. The molecule has 1 aliphatic heterocycles. The lowest BCUT2D eigenvalue weighted by Gasteiger charge is -2.31. The molecule has 1 amide bonds. The molecular formula is C10H22ClN3O3S. The first-order chi connectivity index (χ1) is 7.79. The normalized spacial score (nSPS) is 22.9. The lowest BCUT2D eigenvalue weighted by atomic mass is 10.1. The van der Waals surface area contributed by atoms with Crippen LogP contribution in [0, 0.1) is 0 Å². The second-order valence-corrected chi connectivity index (χ2v) is 6.69. The van der Waals surface area contributed by atoms with Crippen molar-refractivity contribution in [3.8, 4) is 0 Å². The zero-order valence-electron chi connectivity index (χ0n) is 10.8. The van der Waals surface area contributed by atoms with Gasteiger partial charge in [0.05, 0.1) is 6.26 Å². The summed E-state index contributed by atoms with van der Waals surface area (Å²) in [5, 5.41) is 2.83. The molecule has 6 nitrogen and oxygen atoms in total. The predicted molar refractivity (Wildman–Crippen MR) is 73.1 cm³/mol. The molecule has 0 bridgehead atoms. The Bertz CT molecular complexity index is 373. The third kappa shape index (κ3) is 5.99. The molecule has 1 aliphatic rings. The highest BCUT2D eigenvalue weighted by atomic mass is 35.5.